The molecule has 3 heteroatoms. The van der Waals surface area contributed by atoms with Gasteiger partial charge in [0.05, 0.1) is 6.07 Å². The van der Waals surface area contributed by atoms with Gasteiger partial charge in [0.25, 0.3) is 0 Å². The van der Waals surface area contributed by atoms with Gasteiger partial charge >= 0.3 is 0 Å². The van der Waals surface area contributed by atoms with Crippen molar-refractivity contribution in [3.63, 3.8) is 0 Å². The van der Waals surface area contributed by atoms with Crippen LogP contribution in [0.1, 0.15) is 60.3 Å². The van der Waals surface area contributed by atoms with Crippen LogP contribution in [0.4, 0.5) is 0 Å². The van der Waals surface area contributed by atoms with Crippen LogP contribution < -0.4 is 5.32 Å². The minimum Gasteiger partial charge on any atom is -0.297 e. The Balaban J connectivity index is 2.55. The van der Waals surface area contributed by atoms with Crippen molar-refractivity contribution in [3.05, 3.63) is 0 Å². The number of nitriles is 1. The highest BCUT2D eigenvalue weighted by molar-refractivity contribution is 8.00. The molecule has 0 spiro atoms. The second-order valence-corrected chi connectivity index (χ2v) is 8.64. The second-order valence-electron chi connectivity index (χ2n) is 6.72. The minimum atomic E-state index is -0.257. The van der Waals surface area contributed by atoms with Crippen LogP contribution in [0.2, 0.25) is 0 Å². The summed E-state index contributed by atoms with van der Waals surface area (Å²) in [5.41, 5.74) is -0.257. The lowest BCUT2D eigenvalue weighted by molar-refractivity contribution is 0.289. The maximum absolute atomic E-state index is 9.58. The molecule has 104 valence electrons. The van der Waals surface area contributed by atoms with Crippen molar-refractivity contribution in [1.29, 1.82) is 5.26 Å². The summed E-state index contributed by atoms with van der Waals surface area (Å²) in [5, 5.41) is 13.1. The number of rotatable bonds is 5. The predicted molar refractivity (Wildman–Crippen MR) is 80.8 cm³/mol. The molecule has 0 radical (unpaired) electrons. The van der Waals surface area contributed by atoms with E-state index >= 15 is 0 Å². The Kier molecular flexibility index (Phi) is 5.55. The van der Waals surface area contributed by atoms with Crippen LogP contribution in [0.25, 0.3) is 0 Å². The zero-order valence-corrected chi connectivity index (χ0v) is 13.4. The van der Waals surface area contributed by atoms with E-state index in [-0.39, 0.29) is 5.54 Å². The average molecular weight is 268 g/mol. The molecule has 0 aromatic heterocycles. The molecule has 1 fully saturated rings. The van der Waals surface area contributed by atoms with Crippen molar-refractivity contribution in [3.8, 4) is 6.07 Å². The topological polar surface area (TPSA) is 35.8 Å². The molecule has 1 N–H and O–H groups in total. The highest BCUT2D eigenvalue weighted by Crippen LogP contribution is 2.39. The van der Waals surface area contributed by atoms with E-state index in [0.717, 1.165) is 18.6 Å². The Hall–Kier alpha value is -0.200. The molecule has 0 saturated heterocycles. The highest BCUT2D eigenvalue weighted by atomic mass is 32.2. The number of nitrogens with one attached hydrogen (secondary N) is 1. The van der Waals surface area contributed by atoms with Crippen LogP contribution in [-0.4, -0.2) is 22.1 Å². The first kappa shape index (κ1) is 15.9. The van der Waals surface area contributed by atoms with Gasteiger partial charge in [-0.3, -0.25) is 5.32 Å². The van der Waals surface area contributed by atoms with Gasteiger partial charge in [0.1, 0.15) is 5.54 Å². The van der Waals surface area contributed by atoms with Crippen LogP contribution in [0, 0.1) is 17.2 Å². The average Bonchev–Trinajstić information content (AvgIpc) is 2.59. The van der Waals surface area contributed by atoms with Crippen molar-refractivity contribution in [1.82, 2.24) is 5.32 Å². The van der Waals surface area contributed by atoms with Gasteiger partial charge in [0.2, 0.25) is 0 Å². The monoisotopic (exact) mass is 268 g/mol. The Bertz CT molecular complexity index is 301. The molecular weight excluding hydrogens is 240 g/mol. The maximum atomic E-state index is 9.58. The van der Waals surface area contributed by atoms with Crippen LogP contribution in [0.3, 0.4) is 0 Å². The van der Waals surface area contributed by atoms with Gasteiger partial charge < -0.3 is 0 Å². The van der Waals surface area contributed by atoms with E-state index in [4.69, 9.17) is 0 Å². The third-order valence-electron chi connectivity index (χ3n) is 3.57. The smallest absolute Gasteiger partial charge is 0.109 e. The lowest BCUT2D eigenvalue weighted by atomic mass is 9.86. The zero-order valence-electron chi connectivity index (χ0n) is 12.5. The fraction of sp³-hybridized carbons (Fsp3) is 0.933. The number of hydrogen-bond acceptors (Lipinski definition) is 3. The van der Waals surface area contributed by atoms with Gasteiger partial charge in [-0.1, -0.05) is 27.2 Å². The molecule has 1 aliphatic carbocycles. The van der Waals surface area contributed by atoms with Gasteiger partial charge in [-0.05, 0) is 44.8 Å². The van der Waals surface area contributed by atoms with Crippen LogP contribution >= 0.6 is 11.8 Å². The van der Waals surface area contributed by atoms with E-state index < -0.39 is 0 Å². The van der Waals surface area contributed by atoms with E-state index in [1.807, 2.05) is 11.8 Å². The van der Waals surface area contributed by atoms with E-state index in [1.165, 1.54) is 12.8 Å². The predicted octanol–water partition coefficient (Wildman–Crippen LogP) is 3.97. The quantitative estimate of drug-likeness (QED) is 0.819. The van der Waals surface area contributed by atoms with E-state index in [1.54, 1.807) is 0 Å². The van der Waals surface area contributed by atoms with Crippen LogP contribution in [-0.2, 0) is 0 Å². The Morgan fingerprint density at radius 3 is 2.61 bits per heavy atom. The molecule has 2 atom stereocenters. The number of nitrogens with zero attached hydrogens (tertiary/aromatic N) is 1. The summed E-state index contributed by atoms with van der Waals surface area (Å²) in [4.78, 5) is 0. The van der Waals surface area contributed by atoms with E-state index in [0.29, 0.717) is 16.7 Å². The SMILES string of the molecule is CC(C)NC1(C#N)CCCC1CCSC(C)(C)C. The first-order valence-electron chi connectivity index (χ1n) is 7.12. The Morgan fingerprint density at radius 1 is 1.44 bits per heavy atom. The summed E-state index contributed by atoms with van der Waals surface area (Å²) in [5.74, 6) is 1.69. The molecule has 0 amide bonds. The molecule has 1 aliphatic rings. The molecular formula is C15H28N2S. The van der Waals surface area contributed by atoms with Crippen LogP contribution in [0.5, 0.6) is 0 Å². The summed E-state index contributed by atoms with van der Waals surface area (Å²) in [6, 6.07) is 2.98. The molecule has 2 nitrogen and oxygen atoms in total. The molecule has 1 saturated carbocycles. The van der Waals surface area contributed by atoms with Crippen LogP contribution in [0.15, 0.2) is 0 Å². The highest BCUT2D eigenvalue weighted by Gasteiger charge is 2.43. The second kappa shape index (κ2) is 6.30. The minimum absolute atomic E-state index is 0.257. The molecule has 0 heterocycles. The fourth-order valence-corrected chi connectivity index (χ4v) is 3.88. The van der Waals surface area contributed by atoms with Gasteiger partial charge in [0, 0.05) is 10.8 Å². The van der Waals surface area contributed by atoms with E-state index in [9.17, 15) is 5.26 Å². The van der Waals surface area contributed by atoms with E-state index in [2.05, 4.69) is 46.0 Å². The lowest BCUT2D eigenvalue weighted by Gasteiger charge is -2.32. The fourth-order valence-electron chi connectivity index (χ4n) is 2.86. The first-order chi connectivity index (χ1) is 8.29. The lowest BCUT2D eigenvalue weighted by Crippen LogP contribution is -2.50. The zero-order chi connectivity index (χ0) is 13.8. The first-order valence-corrected chi connectivity index (χ1v) is 8.10. The molecule has 0 bridgehead atoms. The molecule has 18 heavy (non-hydrogen) atoms. The van der Waals surface area contributed by atoms with Crippen molar-refractivity contribution >= 4 is 11.8 Å². The molecule has 2 unspecified atom stereocenters. The summed E-state index contributed by atoms with van der Waals surface area (Å²) >= 11 is 2.01. The summed E-state index contributed by atoms with van der Waals surface area (Å²) in [7, 11) is 0. The van der Waals surface area contributed by atoms with Gasteiger partial charge in [0.15, 0.2) is 0 Å². The summed E-state index contributed by atoms with van der Waals surface area (Å²) < 4.78 is 0.333. The molecule has 0 aliphatic heterocycles. The van der Waals surface area contributed by atoms with Gasteiger partial charge in [-0.15, -0.1) is 0 Å². The summed E-state index contributed by atoms with van der Waals surface area (Å²) in [6.45, 7) is 11.1. The number of thioether (sulfide) groups is 1. The third-order valence-corrected chi connectivity index (χ3v) is 4.87. The standard InChI is InChI=1S/C15H28N2S/c1-12(2)17-15(11-16)9-6-7-13(15)8-10-18-14(3,4)5/h12-13,17H,6-10H2,1-5H3. The largest absolute Gasteiger partial charge is 0.297 e. The van der Waals surface area contributed by atoms with Crippen molar-refractivity contribution in [2.45, 2.75) is 76.6 Å². The Morgan fingerprint density at radius 2 is 2.11 bits per heavy atom. The normalized spacial score (nSPS) is 28.6. The van der Waals surface area contributed by atoms with Gasteiger partial charge in [-0.2, -0.15) is 17.0 Å². The number of hydrogen-bond donors (Lipinski definition) is 1. The maximum Gasteiger partial charge on any atom is 0.109 e. The third kappa shape index (κ3) is 4.48. The van der Waals surface area contributed by atoms with Gasteiger partial charge in [-0.25, -0.2) is 0 Å². The molecule has 0 aromatic rings. The summed E-state index contributed by atoms with van der Waals surface area (Å²) in [6.07, 6.45) is 4.58. The van der Waals surface area contributed by atoms with Crippen molar-refractivity contribution < 1.29 is 0 Å². The molecule has 0 aromatic carbocycles. The molecule has 1 rings (SSSR count). The van der Waals surface area contributed by atoms with Crippen molar-refractivity contribution in [2.75, 3.05) is 5.75 Å². The van der Waals surface area contributed by atoms with Crippen molar-refractivity contribution in [2.24, 2.45) is 5.92 Å². The Labute approximate surface area is 117 Å².